The van der Waals surface area contributed by atoms with Crippen LogP contribution in [0.2, 0.25) is 0 Å². The van der Waals surface area contributed by atoms with Crippen LogP contribution in [-0.2, 0) is 0 Å². The van der Waals surface area contributed by atoms with Gasteiger partial charge in [0, 0.05) is 0 Å². The highest BCUT2D eigenvalue weighted by atomic mass is 32.1. The number of nitrogens with zero attached hydrogens (tertiary/aromatic N) is 3. The van der Waals surface area contributed by atoms with E-state index in [9.17, 15) is 9.18 Å². The largest absolute Gasteiger partial charge is 0.462 e. The van der Waals surface area contributed by atoms with E-state index in [2.05, 4.69) is 10.1 Å². The molecule has 0 saturated carbocycles. The number of hydrogen-bond acceptors (Lipinski definition) is 5. The zero-order valence-corrected chi connectivity index (χ0v) is 13.2. The van der Waals surface area contributed by atoms with Crippen molar-refractivity contribution in [3.05, 3.63) is 53.2 Å². The molecule has 0 bridgehead atoms. The Labute approximate surface area is 136 Å². The maximum absolute atomic E-state index is 13.9. The second kappa shape index (κ2) is 6.70. The molecule has 5 nitrogen and oxygen atoms in total. The number of carbonyl (C=O) groups is 1. The van der Waals surface area contributed by atoms with E-state index in [1.165, 1.54) is 29.5 Å². The molecule has 23 heavy (non-hydrogen) atoms. The molecule has 0 unspecified atom stereocenters. The summed E-state index contributed by atoms with van der Waals surface area (Å²) in [4.78, 5) is 17.7. The molecule has 0 spiro atoms. The summed E-state index contributed by atoms with van der Waals surface area (Å²) in [6.07, 6.45) is 0.796. The number of benzene rings is 1. The summed E-state index contributed by atoms with van der Waals surface area (Å²) in [5.41, 5.74) is -0.0581. The highest BCUT2D eigenvalue weighted by Crippen LogP contribution is 2.25. The standard InChI is InChI=1S/C16H14FN3O2S/c1-2-9-22-16-18-14(13-8-5-10-23-13)20(19-16)15(21)11-6-3-4-7-12(11)17/h3-8,10H,2,9H2,1H3. The van der Waals surface area contributed by atoms with Gasteiger partial charge in [0.1, 0.15) is 5.82 Å². The molecule has 0 saturated heterocycles. The Balaban J connectivity index is 2.05. The van der Waals surface area contributed by atoms with Crippen molar-refractivity contribution in [2.45, 2.75) is 13.3 Å². The normalized spacial score (nSPS) is 10.7. The molecule has 0 radical (unpaired) electrons. The van der Waals surface area contributed by atoms with Gasteiger partial charge in [-0.15, -0.1) is 16.4 Å². The molecule has 3 rings (SSSR count). The van der Waals surface area contributed by atoms with Crippen LogP contribution in [0, 0.1) is 5.82 Å². The molecule has 0 fully saturated rings. The second-order valence-corrected chi connectivity index (χ2v) is 5.69. The van der Waals surface area contributed by atoms with Gasteiger partial charge in [-0.3, -0.25) is 4.79 Å². The van der Waals surface area contributed by atoms with Gasteiger partial charge in [0.15, 0.2) is 5.82 Å². The molecule has 2 heterocycles. The zero-order chi connectivity index (χ0) is 16.2. The quantitative estimate of drug-likeness (QED) is 0.716. The zero-order valence-electron chi connectivity index (χ0n) is 12.4. The summed E-state index contributed by atoms with van der Waals surface area (Å²) < 4.78 is 20.4. The molecule has 118 valence electrons. The summed E-state index contributed by atoms with van der Waals surface area (Å²) in [6.45, 7) is 2.41. The molecule has 0 aliphatic carbocycles. The van der Waals surface area contributed by atoms with E-state index >= 15 is 0 Å². The molecular formula is C16H14FN3O2S. The first kappa shape index (κ1) is 15.4. The summed E-state index contributed by atoms with van der Waals surface area (Å²) in [7, 11) is 0. The van der Waals surface area contributed by atoms with Crippen LogP contribution in [-0.4, -0.2) is 27.3 Å². The fraction of sp³-hybridized carbons (Fsp3) is 0.188. The maximum Gasteiger partial charge on any atom is 0.336 e. The average Bonchev–Trinajstić information content (AvgIpc) is 3.22. The molecule has 2 aromatic heterocycles. The highest BCUT2D eigenvalue weighted by molar-refractivity contribution is 7.13. The van der Waals surface area contributed by atoms with Gasteiger partial charge in [-0.25, -0.2) is 4.39 Å². The lowest BCUT2D eigenvalue weighted by Crippen LogP contribution is -2.16. The smallest absolute Gasteiger partial charge is 0.336 e. The first-order valence-corrected chi connectivity index (χ1v) is 8.01. The SMILES string of the molecule is CCCOc1nc(-c2cccs2)n(C(=O)c2ccccc2F)n1. The van der Waals surface area contributed by atoms with Crippen LogP contribution in [0.15, 0.2) is 41.8 Å². The Bertz CT molecular complexity index is 815. The number of carbonyl (C=O) groups excluding carboxylic acids is 1. The van der Waals surface area contributed by atoms with E-state index in [0.29, 0.717) is 12.4 Å². The van der Waals surface area contributed by atoms with Gasteiger partial charge in [-0.2, -0.15) is 9.67 Å². The van der Waals surface area contributed by atoms with E-state index in [-0.39, 0.29) is 11.6 Å². The molecule has 0 aliphatic rings. The van der Waals surface area contributed by atoms with E-state index in [1.54, 1.807) is 6.07 Å². The number of aromatic nitrogens is 3. The second-order valence-electron chi connectivity index (χ2n) is 4.74. The number of hydrogen-bond donors (Lipinski definition) is 0. The number of ether oxygens (including phenoxy) is 1. The minimum Gasteiger partial charge on any atom is -0.462 e. The van der Waals surface area contributed by atoms with Crippen LogP contribution in [0.25, 0.3) is 10.7 Å². The van der Waals surface area contributed by atoms with E-state index in [1.807, 2.05) is 24.4 Å². The summed E-state index contributed by atoms with van der Waals surface area (Å²) in [5.74, 6) is -0.828. The first-order valence-electron chi connectivity index (χ1n) is 7.13. The topological polar surface area (TPSA) is 57.0 Å². The van der Waals surface area contributed by atoms with E-state index < -0.39 is 11.7 Å². The van der Waals surface area contributed by atoms with Gasteiger partial charge in [-0.05, 0) is 30.0 Å². The van der Waals surface area contributed by atoms with Gasteiger partial charge in [-0.1, -0.05) is 25.1 Å². The summed E-state index contributed by atoms with van der Waals surface area (Å²) in [5, 5.41) is 5.96. The first-order chi connectivity index (χ1) is 11.2. The van der Waals surface area contributed by atoms with Crippen molar-refractivity contribution < 1.29 is 13.9 Å². The molecule has 7 heteroatoms. The molecule has 3 aromatic rings. The third-order valence-corrected chi connectivity index (χ3v) is 3.93. The lowest BCUT2D eigenvalue weighted by molar-refractivity contribution is 0.0940. The van der Waals surface area contributed by atoms with Crippen LogP contribution in [0.1, 0.15) is 23.7 Å². The average molecular weight is 331 g/mol. The Kier molecular flexibility index (Phi) is 4.47. The number of halogens is 1. The van der Waals surface area contributed by atoms with Gasteiger partial charge in [0.2, 0.25) is 0 Å². The Morgan fingerprint density at radius 2 is 2.13 bits per heavy atom. The highest BCUT2D eigenvalue weighted by Gasteiger charge is 2.22. The predicted molar refractivity (Wildman–Crippen MR) is 85.2 cm³/mol. The Morgan fingerprint density at radius 3 is 2.83 bits per heavy atom. The lowest BCUT2D eigenvalue weighted by atomic mass is 10.2. The van der Waals surface area contributed by atoms with Crippen molar-refractivity contribution in [2.75, 3.05) is 6.61 Å². The third kappa shape index (κ3) is 3.14. The van der Waals surface area contributed by atoms with Crippen LogP contribution < -0.4 is 4.74 Å². The number of rotatable bonds is 5. The van der Waals surface area contributed by atoms with Gasteiger partial charge in [0.05, 0.1) is 17.0 Å². The maximum atomic E-state index is 13.9. The van der Waals surface area contributed by atoms with Crippen molar-refractivity contribution in [3.63, 3.8) is 0 Å². The summed E-state index contributed by atoms with van der Waals surface area (Å²) >= 11 is 1.42. The van der Waals surface area contributed by atoms with Crippen LogP contribution in [0.3, 0.4) is 0 Å². The van der Waals surface area contributed by atoms with E-state index in [4.69, 9.17) is 4.74 Å². The van der Waals surface area contributed by atoms with Gasteiger partial charge >= 0.3 is 6.01 Å². The Hall–Kier alpha value is -2.54. The predicted octanol–water partition coefficient (Wildman–Crippen LogP) is 3.62. The fourth-order valence-corrected chi connectivity index (χ4v) is 2.70. The minimum atomic E-state index is -0.596. The minimum absolute atomic E-state index is 0.0581. The molecule has 0 amide bonds. The van der Waals surface area contributed by atoms with Crippen molar-refractivity contribution in [1.29, 1.82) is 0 Å². The van der Waals surface area contributed by atoms with Crippen LogP contribution >= 0.6 is 11.3 Å². The Morgan fingerprint density at radius 1 is 1.30 bits per heavy atom. The van der Waals surface area contributed by atoms with Gasteiger partial charge in [0.25, 0.3) is 5.91 Å². The third-order valence-electron chi connectivity index (χ3n) is 3.06. The summed E-state index contributed by atoms with van der Waals surface area (Å²) in [6, 6.07) is 9.58. The molecular weight excluding hydrogens is 317 g/mol. The number of thiophene rings is 1. The van der Waals surface area contributed by atoms with Crippen molar-refractivity contribution >= 4 is 17.2 Å². The van der Waals surface area contributed by atoms with Crippen molar-refractivity contribution in [3.8, 4) is 16.7 Å². The molecule has 0 aliphatic heterocycles. The van der Waals surface area contributed by atoms with Crippen LogP contribution in [0.4, 0.5) is 4.39 Å². The molecule has 1 aromatic carbocycles. The van der Waals surface area contributed by atoms with Crippen molar-refractivity contribution in [1.82, 2.24) is 14.8 Å². The lowest BCUT2D eigenvalue weighted by Gasteiger charge is -2.04. The monoisotopic (exact) mass is 331 g/mol. The van der Waals surface area contributed by atoms with Crippen molar-refractivity contribution in [2.24, 2.45) is 0 Å². The van der Waals surface area contributed by atoms with E-state index in [0.717, 1.165) is 16.0 Å². The molecule has 0 N–H and O–H groups in total. The van der Waals surface area contributed by atoms with Crippen LogP contribution in [0.5, 0.6) is 6.01 Å². The fourth-order valence-electron chi connectivity index (χ4n) is 2.00. The molecule has 0 atom stereocenters. The van der Waals surface area contributed by atoms with Gasteiger partial charge < -0.3 is 4.74 Å².